The van der Waals surface area contributed by atoms with Crippen LogP contribution >= 0.6 is 11.3 Å². The number of carbonyl (C=O) groups excluding carboxylic acids is 1. The van der Waals surface area contributed by atoms with Crippen molar-refractivity contribution in [2.45, 2.75) is 12.8 Å². The standard InChI is InChI=1S/C14H22N4O2S/c19-13(16-10-12-2-1-8-20-11-12)17-4-6-18(7-5-17)14-15-3-9-21-14/h3,9,12H,1-2,4-8,10-11H2,(H,16,19)/t12-/m1/s1. The summed E-state index contributed by atoms with van der Waals surface area (Å²) in [5, 5.41) is 6.08. The van der Waals surface area contributed by atoms with Crippen LogP contribution in [0.2, 0.25) is 0 Å². The molecule has 3 heterocycles. The first-order valence-corrected chi connectivity index (χ1v) is 8.46. The maximum absolute atomic E-state index is 12.2. The number of amides is 2. The summed E-state index contributed by atoms with van der Waals surface area (Å²) in [7, 11) is 0. The normalized spacial score (nSPS) is 23.1. The minimum Gasteiger partial charge on any atom is -0.381 e. The zero-order valence-corrected chi connectivity index (χ0v) is 13.0. The van der Waals surface area contributed by atoms with Gasteiger partial charge < -0.3 is 19.9 Å². The number of rotatable bonds is 3. The molecule has 2 aliphatic heterocycles. The van der Waals surface area contributed by atoms with Crippen LogP contribution in [0.1, 0.15) is 12.8 Å². The fourth-order valence-electron chi connectivity index (χ4n) is 2.78. The average molecular weight is 310 g/mol. The fourth-order valence-corrected chi connectivity index (χ4v) is 3.48. The lowest BCUT2D eigenvalue weighted by Gasteiger charge is -2.35. The molecule has 2 amide bonds. The van der Waals surface area contributed by atoms with Gasteiger partial charge in [0.05, 0.1) is 6.61 Å². The lowest BCUT2D eigenvalue weighted by Crippen LogP contribution is -2.52. The van der Waals surface area contributed by atoms with Crippen molar-refractivity contribution in [1.29, 1.82) is 0 Å². The number of ether oxygens (including phenoxy) is 1. The molecule has 21 heavy (non-hydrogen) atoms. The smallest absolute Gasteiger partial charge is 0.317 e. The predicted octanol–water partition coefficient (Wildman–Crippen LogP) is 1.40. The lowest BCUT2D eigenvalue weighted by atomic mass is 10.0. The third-order valence-electron chi connectivity index (χ3n) is 4.05. The van der Waals surface area contributed by atoms with Gasteiger partial charge >= 0.3 is 6.03 Å². The van der Waals surface area contributed by atoms with E-state index in [0.717, 1.165) is 63.9 Å². The molecule has 2 saturated heterocycles. The third-order valence-corrected chi connectivity index (χ3v) is 4.89. The zero-order valence-electron chi connectivity index (χ0n) is 12.2. The number of hydrogen-bond donors (Lipinski definition) is 1. The molecule has 0 spiro atoms. The van der Waals surface area contributed by atoms with Gasteiger partial charge in [-0.2, -0.15) is 0 Å². The number of nitrogens with one attached hydrogen (secondary N) is 1. The molecular formula is C14H22N4O2S. The summed E-state index contributed by atoms with van der Waals surface area (Å²) in [4.78, 5) is 20.6. The van der Waals surface area contributed by atoms with Gasteiger partial charge in [-0.25, -0.2) is 9.78 Å². The van der Waals surface area contributed by atoms with E-state index in [0.29, 0.717) is 5.92 Å². The highest BCUT2D eigenvalue weighted by atomic mass is 32.1. The van der Waals surface area contributed by atoms with Gasteiger partial charge in [-0.3, -0.25) is 0 Å². The van der Waals surface area contributed by atoms with Crippen LogP contribution in [0.15, 0.2) is 11.6 Å². The molecule has 0 aromatic carbocycles. The monoisotopic (exact) mass is 310 g/mol. The SMILES string of the molecule is O=C(NC[C@H]1CCCOC1)N1CCN(c2nccs2)CC1. The first kappa shape index (κ1) is 14.6. The van der Waals surface area contributed by atoms with Crippen molar-refractivity contribution in [2.75, 3.05) is 50.8 Å². The van der Waals surface area contributed by atoms with Crippen LogP contribution in [0.3, 0.4) is 0 Å². The minimum absolute atomic E-state index is 0.0550. The molecule has 1 aromatic heterocycles. The summed E-state index contributed by atoms with van der Waals surface area (Å²) in [6, 6.07) is 0.0550. The summed E-state index contributed by atoms with van der Waals surface area (Å²) in [6.07, 6.45) is 4.08. The summed E-state index contributed by atoms with van der Waals surface area (Å²) in [5.41, 5.74) is 0. The maximum Gasteiger partial charge on any atom is 0.317 e. The number of thiazole rings is 1. The van der Waals surface area contributed by atoms with Crippen LogP contribution in [0, 0.1) is 5.92 Å². The topological polar surface area (TPSA) is 57.7 Å². The van der Waals surface area contributed by atoms with Gasteiger partial charge in [-0.05, 0) is 18.8 Å². The molecule has 116 valence electrons. The second kappa shape index (κ2) is 7.09. The van der Waals surface area contributed by atoms with E-state index in [2.05, 4.69) is 15.2 Å². The van der Waals surface area contributed by atoms with Crippen LogP contribution < -0.4 is 10.2 Å². The molecule has 0 aliphatic carbocycles. The Morgan fingerprint density at radius 2 is 2.29 bits per heavy atom. The van der Waals surface area contributed by atoms with Gasteiger partial charge in [-0.15, -0.1) is 11.3 Å². The number of urea groups is 1. The molecule has 2 aliphatic rings. The Bertz CT molecular complexity index is 440. The van der Waals surface area contributed by atoms with Crippen molar-refractivity contribution in [3.05, 3.63) is 11.6 Å². The lowest BCUT2D eigenvalue weighted by molar-refractivity contribution is 0.0551. The summed E-state index contributed by atoms with van der Waals surface area (Å²) < 4.78 is 5.44. The molecule has 6 nitrogen and oxygen atoms in total. The van der Waals surface area contributed by atoms with Crippen LogP contribution in [0.5, 0.6) is 0 Å². The molecular weight excluding hydrogens is 288 g/mol. The molecule has 0 bridgehead atoms. The Kier molecular flexibility index (Phi) is 4.92. The van der Waals surface area contributed by atoms with Crippen molar-refractivity contribution in [1.82, 2.24) is 15.2 Å². The van der Waals surface area contributed by atoms with E-state index in [9.17, 15) is 4.79 Å². The van der Waals surface area contributed by atoms with Gasteiger partial charge in [0.1, 0.15) is 0 Å². The third kappa shape index (κ3) is 3.85. The number of piperazine rings is 1. The van der Waals surface area contributed by atoms with Crippen molar-refractivity contribution < 1.29 is 9.53 Å². The van der Waals surface area contributed by atoms with Crippen LogP contribution in [0.4, 0.5) is 9.93 Å². The summed E-state index contributed by atoms with van der Waals surface area (Å²) in [6.45, 7) is 5.59. The van der Waals surface area contributed by atoms with E-state index >= 15 is 0 Å². The average Bonchev–Trinajstić information content (AvgIpc) is 3.08. The number of nitrogens with zero attached hydrogens (tertiary/aromatic N) is 3. The van der Waals surface area contributed by atoms with Crippen LogP contribution in [-0.2, 0) is 4.74 Å². The number of carbonyl (C=O) groups is 1. The van der Waals surface area contributed by atoms with Crippen LogP contribution in [0.25, 0.3) is 0 Å². The van der Waals surface area contributed by atoms with Crippen molar-refractivity contribution >= 4 is 22.5 Å². The first-order chi connectivity index (χ1) is 10.3. The molecule has 3 rings (SSSR count). The maximum atomic E-state index is 12.2. The quantitative estimate of drug-likeness (QED) is 0.917. The van der Waals surface area contributed by atoms with Crippen molar-refractivity contribution in [2.24, 2.45) is 5.92 Å². The van der Waals surface area contributed by atoms with E-state index in [1.807, 2.05) is 16.5 Å². The largest absolute Gasteiger partial charge is 0.381 e. The molecule has 0 unspecified atom stereocenters. The Morgan fingerprint density at radius 3 is 2.95 bits per heavy atom. The minimum atomic E-state index is 0.0550. The molecule has 0 radical (unpaired) electrons. The Hall–Kier alpha value is -1.34. The Labute approximate surface area is 129 Å². The fraction of sp³-hybridized carbons (Fsp3) is 0.714. The highest BCUT2D eigenvalue weighted by Gasteiger charge is 2.23. The predicted molar refractivity (Wildman–Crippen MR) is 82.8 cm³/mol. The van der Waals surface area contributed by atoms with E-state index in [-0.39, 0.29) is 6.03 Å². The zero-order chi connectivity index (χ0) is 14.5. The van der Waals surface area contributed by atoms with E-state index < -0.39 is 0 Å². The van der Waals surface area contributed by atoms with Crippen molar-refractivity contribution in [3.8, 4) is 0 Å². The van der Waals surface area contributed by atoms with E-state index in [1.165, 1.54) is 0 Å². The Morgan fingerprint density at radius 1 is 1.43 bits per heavy atom. The summed E-state index contributed by atoms with van der Waals surface area (Å²) in [5.74, 6) is 0.472. The van der Waals surface area contributed by atoms with E-state index in [1.54, 1.807) is 11.3 Å². The van der Waals surface area contributed by atoms with Crippen molar-refractivity contribution in [3.63, 3.8) is 0 Å². The molecule has 7 heteroatoms. The number of hydrogen-bond acceptors (Lipinski definition) is 5. The second-order valence-corrected chi connectivity index (χ2v) is 6.43. The molecule has 1 N–H and O–H groups in total. The molecule has 0 saturated carbocycles. The van der Waals surface area contributed by atoms with E-state index in [4.69, 9.17) is 4.74 Å². The number of anilines is 1. The molecule has 1 aromatic rings. The highest BCUT2D eigenvalue weighted by molar-refractivity contribution is 7.13. The van der Waals surface area contributed by atoms with Gasteiger partial charge in [0.25, 0.3) is 0 Å². The second-order valence-electron chi connectivity index (χ2n) is 5.56. The van der Waals surface area contributed by atoms with Gasteiger partial charge in [-0.1, -0.05) is 0 Å². The van der Waals surface area contributed by atoms with Gasteiger partial charge in [0.2, 0.25) is 0 Å². The Balaban J connectivity index is 1.40. The number of aromatic nitrogens is 1. The van der Waals surface area contributed by atoms with Crippen LogP contribution in [-0.4, -0.2) is 61.9 Å². The van der Waals surface area contributed by atoms with Gasteiger partial charge in [0, 0.05) is 50.9 Å². The summed E-state index contributed by atoms with van der Waals surface area (Å²) >= 11 is 1.65. The van der Waals surface area contributed by atoms with Gasteiger partial charge in [0.15, 0.2) is 5.13 Å². The highest BCUT2D eigenvalue weighted by Crippen LogP contribution is 2.19. The first-order valence-electron chi connectivity index (χ1n) is 7.58. The molecule has 2 fully saturated rings. The molecule has 1 atom stereocenters.